The van der Waals surface area contributed by atoms with Crippen molar-refractivity contribution in [1.82, 2.24) is 9.71 Å². The van der Waals surface area contributed by atoms with Gasteiger partial charge in [-0.05, 0) is 59.6 Å². The molecule has 0 saturated carbocycles. The highest BCUT2D eigenvalue weighted by atomic mass is 79.9. The van der Waals surface area contributed by atoms with Gasteiger partial charge in [0.05, 0.1) is 22.2 Å². The van der Waals surface area contributed by atoms with Crippen LogP contribution in [0.15, 0.2) is 13.4 Å². The maximum absolute atomic E-state index is 9.91. The predicted molar refractivity (Wildman–Crippen MR) is 90.2 cm³/mol. The van der Waals surface area contributed by atoms with Gasteiger partial charge in [-0.3, -0.25) is 4.90 Å². The van der Waals surface area contributed by atoms with Crippen molar-refractivity contribution in [2.24, 2.45) is 0 Å². The second-order valence-corrected chi connectivity index (χ2v) is 7.16. The molecule has 6 nitrogen and oxygen atoms in total. The molecule has 1 rings (SSSR count). The number of aliphatic hydroxyl groups excluding tert-OH is 2. The maximum Gasteiger partial charge on any atom is 0.228 e. The fourth-order valence-corrected chi connectivity index (χ4v) is 5.09. The summed E-state index contributed by atoms with van der Waals surface area (Å²) < 4.78 is 1.59. The number of quaternary nitrogens is 1. The molecular weight excluding hydrogens is 476 g/mol. The van der Waals surface area contributed by atoms with Gasteiger partial charge in [-0.2, -0.15) is 10.4 Å². The van der Waals surface area contributed by atoms with Gasteiger partial charge in [0.2, 0.25) is 5.69 Å². The Morgan fingerprint density at radius 3 is 1.95 bits per heavy atom. The van der Waals surface area contributed by atoms with E-state index in [1.165, 1.54) is 7.05 Å². The van der Waals surface area contributed by atoms with E-state index < -0.39 is 4.81 Å². The van der Waals surface area contributed by atoms with Gasteiger partial charge in [0, 0.05) is 28.7 Å². The molecule has 0 aliphatic rings. The Morgan fingerprint density at radius 1 is 1.00 bits per heavy atom. The summed E-state index contributed by atoms with van der Waals surface area (Å²) >= 11 is 10.1. The lowest BCUT2D eigenvalue weighted by molar-refractivity contribution is -0.273. The molecular formula is C12H18Br3N2O4+. The van der Waals surface area contributed by atoms with E-state index in [0.717, 1.165) is 5.56 Å². The van der Waals surface area contributed by atoms with Crippen molar-refractivity contribution >= 4 is 53.5 Å². The summed E-state index contributed by atoms with van der Waals surface area (Å²) in [5.74, 6) is 0. The highest BCUT2D eigenvalue weighted by Gasteiger charge is 2.33. The van der Waals surface area contributed by atoms with Crippen LogP contribution in [0.3, 0.4) is 0 Å². The number of halogens is 3. The minimum Gasteiger partial charge on any atom is -0.395 e. The molecule has 0 radical (unpaired) electrons. The van der Waals surface area contributed by atoms with Crippen molar-refractivity contribution < 1.29 is 20.6 Å². The highest BCUT2D eigenvalue weighted by Crippen LogP contribution is 2.45. The Kier molecular flexibility index (Phi) is 7.23. The lowest BCUT2D eigenvalue weighted by Crippen LogP contribution is -2.38. The molecule has 0 unspecified atom stereocenters. The van der Waals surface area contributed by atoms with Crippen LogP contribution >= 0.6 is 47.8 Å². The zero-order valence-electron chi connectivity index (χ0n) is 11.6. The summed E-state index contributed by atoms with van der Waals surface area (Å²) in [6, 6.07) is 0. The second-order valence-electron chi connectivity index (χ2n) is 4.78. The van der Waals surface area contributed by atoms with Gasteiger partial charge in [0.15, 0.2) is 0 Å². The van der Waals surface area contributed by atoms with Crippen LogP contribution in [0.5, 0.6) is 0 Å². The van der Waals surface area contributed by atoms with Gasteiger partial charge < -0.3 is 10.2 Å². The third-order valence-electron chi connectivity index (χ3n) is 2.97. The molecule has 4 N–H and O–H groups in total. The highest BCUT2D eigenvalue weighted by molar-refractivity contribution is 9.11. The van der Waals surface area contributed by atoms with Crippen LogP contribution in [0.1, 0.15) is 11.1 Å². The molecule has 0 atom stereocenters. The lowest BCUT2D eigenvalue weighted by atomic mass is 10.1. The number of hydrogen-bond donors (Lipinski definition) is 4. The molecule has 120 valence electrons. The van der Waals surface area contributed by atoms with Gasteiger partial charge >= 0.3 is 0 Å². The molecule has 0 aromatic heterocycles. The topological polar surface area (TPSA) is 84.2 Å². The van der Waals surface area contributed by atoms with E-state index in [9.17, 15) is 15.5 Å². The number of aliphatic hydroxyl groups is 2. The Labute approximate surface area is 148 Å². The van der Waals surface area contributed by atoms with Crippen LogP contribution in [-0.4, -0.2) is 52.8 Å². The molecule has 0 fully saturated rings. The van der Waals surface area contributed by atoms with E-state index in [2.05, 4.69) is 47.8 Å². The van der Waals surface area contributed by atoms with Crippen molar-refractivity contribution in [1.29, 1.82) is 0 Å². The Hall–Kier alpha value is 0.420. The fraction of sp³-hybridized carbons (Fsp3) is 0.500. The van der Waals surface area contributed by atoms with E-state index in [-0.39, 0.29) is 18.9 Å². The first kappa shape index (κ1) is 19.5. The number of rotatable bonds is 6. The van der Waals surface area contributed by atoms with Crippen LogP contribution < -0.4 is 4.81 Å². The summed E-state index contributed by atoms with van der Waals surface area (Å²) in [5, 5.41) is 38.3. The minimum absolute atomic E-state index is 0.0236. The molecule has 0 saturated heterocycles. The summed E-state index contributed by atoms with van der Waals surface area (Å²) in [6.07, 6.45) is 0. The maximum atomic E-state index is 9.91. The first-order valence-corrected chi connectivity index (χ1v) is 8.44. The standard InChI is InChI=1S/C12H18Br3N2O4/c1-16(3-4-18)5-7-9(13)8(6-19)11(15)12(10(7)14)17(2,20)21/h18-21H,3-6H2,1-2H3/q+1. The van der Waals surface area contributed by atoms with Gasteiger partial charge in [-0.25, -0.2) is 0 Å². The average Bonchev–Trinajstić information content (AvgIpc) is 2.33. The molecule has 1 aromatic rings. The van der Waals surface area contributed by atoms with E-state index in [1.54, 1.807) is 0 Å². The van der Waals surface area contributed by atoms with E-state index >= 15 is 0 Å². The van der Waals surface area contributed by atoms with Crippen molar-refractivity contribution in [2.75, 3.05) is 27.2 Å². The first-order valence-electron chi connectivity index (χ1n) is 6.06. The smallest absolute Gasteiger partial charge is 0.228 e. The van der Waals surface area contributed by atoms with Crippen LogP contribution in [-0.2, 0) is 13.2 Å². The molecule has 0 aliphatic heterocycles. The van der Waals surface area contributed by atoms with Gasteiger partial charge in [0.25, 0.3) is 0 Å². The molecule has 0 amide bonds. The first-order chi connectivity index (χ1) is 9.65. The number of likely N-dealkylation sites (N-methyl/N-ethyl adjacent to an activating group) is 1. The second kappa shape index (κ2) is 7.80. The SMILES string of the molecule is CN(CCO)Cc1c(Br)c(CO)c(Br)c([N+](C)(O)O)c1Br. The van der Waals surface area contributed by atoms with Crippen LogP contribution in [0.25, 0.3) is 0 Å². The van der Waals surface area contributed by atoms with E-state index in [0.29, 0.717) is 32.1 Å². The fourth-order valence-electron chi connectivity index (χ4n) is 1.93. The zero-order valence-corrected chi connectivity index (χ0v) is 16.4. The van der Waals surface area contributed by atoms with E-state index in [1.807, 2.05) is 11.9 Å². The predicted octanol–water partition coefficient (Wildman–Crippen LogP) is 2.61. The summed E-state index contributed by atoms with van der Waals surface area (Å²) in [4.78, 5) is 0.501. The number of hydrogen-bond acceptors (Lipinski definition) is 5. The molecule has 0 heterocycles. The van der Waals surface area contributed by atoms with Crippen molar-refractivity contribution in [3.63, 3.8) is 0 Å². The Balaban J connectivity index is 3.50. The Morgan fingerprint density at radius 2 is 1.52 bits per heavy atom. The molecule has 1 aromatic carbocycles. The van der Waals surface area contributed by atoms with Gasteiger partial charge in [-0.15, -0.1) is 0 Å². The largest absolute Gasteiger partial charge is 0.395 e. The van der Waals surface area contributed by atoms with Crippen LogP contribution in [0.4, 0.5) is 5.69 Å². The monoisotopic (exact) mass is 491 g/mol. The van der Waals surface area contributed by atoms with Crippen LogP contribution in [0, 0.1) is 0 Å². The summed E-state index contributed by atoms with van der Waals surface area (Å²) in [6.45, 7) is 0.687. The average molecular weight is 494 g/mol. The van der Waals surface area contributed by atoms with Crippen LogP contribution in [0.2, 0.25) is 0 Å². The molecule has 0 bridgehead atoms. The van der Waals surface area contributed by atoms with Gasteiger partial charge in [-0.1, -0.05) is 0 Å². The third kappa shape index (κ3) is 4.46. The minimum atomic E-state index is -1.38. The van der Waals surface area contributed by atoms with E-state index in [4.69, 9.17) is 5.11 Å². The zero-order chi connectivity index (χ0) is 16.4. The number of hydroxylamine groups is 2. The normalized spacial score (nSPS) is 12.3. The number of benzene rings is 1. The molecule has 9 heteroatoms. The molecule has 0 aliphatic carbocycles. The number of nitrogens with zero attached hydrogens (tertiary/aromatic N) is 2. The lowest BCUT2D eigenvalue weighted by Gasteiger charge is -2.24. The summed E-state index contributed by atoms with van der Waals surface area (Å²) in [5.41, 5.74) is 1.46. The quantitative estimate of drug-likeness (QED) is 0.362. The molecule has 0 spiro atoms. The third-order valence-corrected chi connectivity index (χ3v) is 5.63. The van der Waals surface area contributed by atoms with Gasteiger partial charge in [0.1, 0.15) is 7.05 Å². The van der Waals surface area contributed by atoms with Crippen molar-refractivity contribution in [2.45, 2.75) is 13.2 Å². The Bertz CT molecular complexity index is 520. The summed E-state index contributed by atoms with van der Waals surface area (Å²) in [7, 11) is 3.03. The molecule has 21 heavy (non-hydrogen) atoms. The van der Waals surface area contributed by atoms with Crippen molar-refractivity contribution in [3.05, 3.63) is 24.5 Å². The van der Waals surface area contributed by atoms with Crippen molar-refractivity contribution in [3.8, 4) is 0 Å².